The predicted octanol–water partition coefficient (Wildman–Crippen LogP) is 2.46. The highest BCUT2D eigenvalue weighted by Gasteiger charge is 2.16. The Morgan fingerprint density at radius 1 is 1.45 bits per heavy atom. The summed E-state index contributed by atoms with van der Waals surface area (Å²) in [6.45, 7) is 7.14. The molecule has 6 nitrogen and oxygen atoms in total. The van der Waals surface area contributed by atoms with Crippen LogP contribution in [-0.4, -0.2) is 23.9 Å². The number of urea groups is 1. The van der Waals surface area contributed by atoms with E-state index in [4.69, 9.17) is 11.8 Å². The molecule has 0 fully saturated rings. The van der Waals surface area contributed by atoms with E-state index in [1.165, 1.54) is 7.05 Å². The molecule has 0 heterocycles. The van der Waals surface area contributed by atoms with Gasteiger partial charge in [0.05, 0.1) is 12.6 Å². The number of amides is 3. The molecule has 0 aliphatic carbocycles. The first-order valence-electron chi connectivity index (χ1n) is 5.47. The third-order valence-corrected chi connectivity index (χ3v) is 2.45. The molecule has 1 aromatic rings. The van der Waals surface area contributed by atoms with Crippen LogP contribution in [0.25, 0.3) is 4.85 Å². The summed E-state index contributed by atoms with van der Waals surface area (Å²) in [6, 6.07) is 7.97. The Kier molecular flexibility index (Phi) is 7.09. The Morgan fingerprint density at radius 3 is 2.70 bits per heavy atom. The lowest BCUT2D eigenvalue weighted by Crippen LogP contribution is -2.40. The van der Waals surface area contributed by atoms with Crippen LogP contribution in [0.5, 0.6) is 0 Å². The summed E-state index contributed by atoms with van der Waals surface area (Å²) in [6.07, 6.45) is -0.345. The second-order valence-electron chi connectivity index (χ2n) is 3.69. The fraction of sp³-hybridized carbons (Fsp3) is 0.286. The third-order valence-electron chi connectivity index (χ3n) is 2.45. The van der Waals surface area contributed by atoms with Crippen molar-refractivity contribution >= 4 is 17.6 Å². The highest BCUT2D eigenvalue weighted by atomic mass is 16.2. The number of hydrogen-bond donors (Lipinski definition) is 1. The fourth-order valence-corrected chi connectivity index (χ4v) is 1.36. The Bertz CT molecular complexity index is 569. The van der Waals surface area contributed by atoms with Gasteiger partial charge in [0.1, 0.15) is 6.42 Å². The molecule has 0 saturated carbocycles. The zero-order valence-corrected chi connectivity index (χ0v) is 10.4. The number of nitrogens with zero attached hydrogens (tertiary/aromatic N) is 3. The Morgan fingerprint density at radius 2 is 2.10 bits per heavy atom. The van der Waals surface area contributed by atoms with Gasteiger partial charge >= 0.3 is 6.03 Å². The van der Waals surface area contributed by atoms with Gasteiger partial charge in [-0.1, -0.05) is 31.7 Å². The van der Waals surface area contributed by atoms with E-state index in [-0.39, 0.29) is 20.4 Å². The second kappa shape index (κ2) is 8.28. The summed E-state index contributed by atoms with van der Waals surface area (Å²) in [5.41, 5.74) is 1.13. The maximum absolute atomic E-state index is 11.6. The van der Waals surface area contributed by atoms with Crippen LogP contribution in [-0.2, 0) is 11.3 Å². The van der Waals surface area contributed by atoms with Gasteiger partial charge in [-0.2, -0.15) is 5.26 Å². The number of carbonyl (C=O) groups excluding carboxylic acids is 2. The smallest absolute Gasteiger partial charge is 0.324 e. The van der Waals surface area contributed by atoms with E-state index in [1.807, 2.05) is 0 Å². The molecule has 1 N–H and O–H groups in total. The number of nitriles is 1. The minimum absolute atomic E-state index is 0. The van der Waals surface area contributed by atoms with Gasteiger partial charge in [0.15, 0.2) is 5.69 Å². The number of hydrogen-bond acceptors (Lipinski definition) is 3. The van der Waals surface area contributed by atoms with Gasteiger partial charge in [-0.15, -0.1) is 0 Å². The van der Waals surface area contributed by atoms with E-state index < -0.39 is 11.9 Å². The van der Waals surface area contributed by atoms with Crippen molar-refractivity contribution in [2.45, 2.75) is 20.4 Å². The van der Waals surface area contributed by atoms with Gasteiger partial charge in [-0.25, -0.2) is 9.64 Å². The van der Waals surface area contributed by atoms with Crippen LogP contribution in [0.15, 0.2) is 24.3 Å². The van der Waals surface area contributed by atoms with E-state index in [0.29, 0.717) is 11.3 Å². The summed E-state index contributed by atoms with van der Waals surface area (Å²) in [5, 5.41) is 10.9. The average molecular weight is 272 g/mol. The van der Waals surface area contributed by atoms with E-state index in [0.717, 1.165) is 4.90 Å². The fourth-order valence-electron chi connectivity index (χ4n) is 1.36. The molecule has 0 aliphatic heterocycles. The maximum atomic E-state index is 11.6. The van der Waals surface area contributed by atoms with Crippen molar-refractivity contribution < 1.29 is 9.59 Å². The highest BCUT2D eigenvalue weighted by Crippen LogP contribution is 2.17. The lowest BCUT2D eigenvalue weighted by molar-refractivity contribution is -0.126. The zero-order valence-electron chi connectivity index (χ0n) is 10.4. The van der Waals surface area contributed by atoms with Gasteiger partial charge in [0.2, 0.25) is 5.91 Å². The van der Waals surface area contributed by atoms with Crippen LogP contribution in [0, 0.1) is 17.9 Å². The van der Waals surface area contributed by atoms with Crippen LogP contribution in [0.2, 0.25) is 0 Å². The molecule has 0 atom stereocenters. The lowest BCUT2D eigenvalue weighted by Gasteiger charge is -2.15. The van der Waals surface area contributed by atoms with Crippen molar-refractivity contribution in [3.8, 4) is 6.07 Å². The number of nitrogens with one attached hydrogen (secondary N) is 1. The van der Waals surface area contributed by atoms with Crippen LogP contribution in [0.4, 0.5) is 10.5 Å². The third kappa shape index (κ3) is 4.43. The number of benzene rings is 1. The Balaban J connectivity index is 0.00000361. The molecule has 6 heteroatoms. The lowest BCUT2D eigenvalue weighted by atomic mass is 10.2. The molecule has 0 unspecified atom stereocenters. The van der Waals surface area contributed by atoms with Crippen molar-refractivity contribution in [3.63, 3.8) is 0 Å². The van der Waals surface area contributed by atoms with Gasteiger partial charge in [0.25, 0.3) is 0 Å². The molecule has 0 aliphatic rings. The minimum Gasteiger partial charge on any atom is -0.335 e. The minimum atomic E-state index is -0.597. The first-order chi connectivity index (χ1) is 9.10. The van der Waals surface area contributed by atoms with Crippen LogP contribution < -0.4 is 5.32 Å². The van der Waals surface area contributed by atoms with Crippen molar-refractivity contribution in [3.05, 3.63) is 41.2 Å². The second-order valence-corrected chi connectivity index (χ2v) is 3.69. The first-order valence-corrected chi connectivity index (χ1v) is 5.47. The number of carbonyl (C=O) groups is 2. The normalized spacial score (nSPS) is 8.55. The Hall–Kier alpha value is -2.86. The largest absolute Gasteiger partial charge is 0.335 e. The molecule has 0 aromatic heterocycles. The molecule has 3 amide bonds. The zero-order chi connectivity index (χ0) is 14.3. The number of para-hydroxylation sites is 1. The summed E-state index contributed by atoms with van der Waals surface area (Å²) in [7, 11) is 1.30. The average Bonchev–Trinajstić information content (AvgIpc) is 2.44. The molecule has 0 spiro atoms. The summed E-state index contributed by atoms with van der Waals surface area (Å²) < 4.78 is 0. The van der Waals surface area contributed by atoms with Crippen LogP contribution in [0.1, 0.15) is 19.4 Å². The van der Waals surface area contributed by atoms with E-state index in [2.05, 4.69) is 10.2 Å². The number of imide groups is 1. The monoisotopic (exact) mass is 272 g/mol. The van der Waals surface area contributed by atoms with E-state index in [1.54, 1.807) is 30.3 Å². The van der Waals surface area contributed by atoms with Crippen molar-refractivity contribution in [2.75, 3.05) is 7.05 Å². The van der Waals surface area contributed by atoms with E-state index in [9.17, 15) is 9.59 Å². The summed E-state index contributed by atoms with van der Waals surface area (Å²) >= 11 is 0. The van der Waals surface area contributed by atoms with E-state index >= 15 is 0 Å². The van der Waals surface area contributed by atoms with Crippen molar-refractivity contribution in [1.29, 1.82) is 5.26 Å². The highest BCUT2D eigenvalue weighted by molar-refractivity contribution is 5.94. The maximum Gasteiger partial charge on any atom is 0.324 e. The van der Waals surface area contributed by atoms with Crippen LogP contribution >= 0.6 is 0 Å². The molecule has 0 saturated heterocycles. The molecular weight excluding hydrogens is 256 g/mol. The molecule has 104 valence electrons. The predicted molar refractivity (Wildman–Crippen MR) is 74.7 cm³/mol. The summed E-state index contributed by atoms with van der Waals surface area (Å²) in [5.74, 6) is -0.571. The van der Waals surface area contributed by atoms with Gasteiger partial charge in [-0.3, -0.25) is 9.69 Å². The quantitative estimate of drug-likeness (QED) is 0.858. The summed E-state index contributed by atoms with van der Waals surface area (Å²) in [4.78, 5) is 27.1. The Labute approximate surface area is 118 Å². The SMILES string of the molecule is C.[C-]#[N+]c1ccccc1CNC(=O)N(C)C(=O)CC#N. The van der Waals surface area contributed by atoms with Crippen LogP contribution in [0.3, 0.4) is 0 Å². The van der Waals surface area contributed by atoms with Gasteiger partial charge < -0.3 is 5.32 Å². The molecule has 0 bridgehead atoms. The van der Waals surface area contributed by atoms with Gasteiger partial charge in [-0.05, 0) is 5.56 Å². The van der Waals surface area contributed by atoms with Gasteiger partial charge in [0, 0.05) is 13.6 Å². The first kappa shape index (κ1) is 17.1. The standard InChI is InChI=1S/C13H12N4O2.CH4/c1-15-11-6-4-3-5-10(11)9-16-13(19)17(2)12(18)7-8-14;/h3-6H,7,9H2,2H3,(H,16,19);1H4. The number of rotatable bonds is 3. The molecule has 1 rings (SSSR count). The molecule has 20 heavy (non-hydrogen) atoms. The molecular formula is C14H16N4O2. The molecule has 0 radical (unpaired) electrons. The molecule has 1 aromatic carbocycles. The van der Waals surface area contributed by atoms with Crippen molar-refractivity contribution in [2.24, 2.45) is 0 Å². The van der Waals surface area contributed by atoms with Crippen molar-refractivity contribution in [1.82, 2.24) is 10.2 Å². The topological polar surface area (TPSA) is 77.6 Å².